The van der Waals surface area contributed by atoms with Crippen molar-refractivity contribution in [2.75, 3.05) is 19.1 Å². The zero-order valence-electron chi connectivity index (χ0n) is 7.41. The summed E-state index contributed by atoms with van der Waals surface area (Å²) in [4.78, 5) is 4.25. The molecule has 62 valence electrons. The number of hydrogen-bond donors (Lipinski definition) is 0. The van der Waals surface area contributed by atoms with Crippen LogP contribution in [0.2, 0.25) is 0 Å². The van der Waals surface area contributed by atoms with Gasteiger partial charge in [-0.1, -0.05) is 13.3 Å². The van der Waals surface area contributed by atoms with Crippen LogP contribution in [0.25, 0.3) is 0 Å². The highest BCUT2D eigenvalue weighted by Crippen LogP contribution is 1.98. The van der Waals surface area contributed by atoms with Gasteiger partial charge in [0, 0.05) is 20.3 Å². The SMILES string of the molecule is CCCc1cn(N(C)C)cn1. The molecule has 0 radical (unpaired) electrons. The van der Waals surface area contributed by atoms with Crippen LogP contribution in [0.4, 0.5) is 0 Å². The first-order valence-electron chi connectivity index (χ1n) is 3.94. The van der Waals surface area contributed by atoms with Crippen molar-refractivity contribution in [2.45, 2.75) is 19.8 Å². The molecule has 3 nitrogen and oxygen atoms in total. The second-order valence-corrected chi connectivity index (χ2v) is 2.84. The number of aryl methyl sites for hydroxylation is 1. The molecular weight excluding hydrogens is 138 g/mol. The van der Waals surface area contributed by atoms with Crippen molar-refractivity contribution in [2.24, 2.45) is 0 Å². The van der Waals surface area contributed by atoms with Crippen LogP contribution < -0.4 is 5.01 Å². The quantitative estimate of drug-likeness (QED) is 0.646. The summed E-state index contributed by atoms with van der Waals surface area (Å²) in [6, 6.07) is 0. The fraction of sp³-hybridized carbons (Fsp3) is 0.625. The molecule has 0 saturated heterocycles. The van der Waals surface area contributed by atoms with E-state index in [1.165, 1.54) is 5.69 Å². The molecule has 0 aliphatic rings. The van der Waals surface area contributed by atoms with Crippen LogP contribution in [0.3, 0.4) is 0 Å². The van der Waals surface area contributed by atoms with Gasteiger partial charge in [-0.2, -0.15) is 0 Å². The highest BCUT2D eigenvalue weighted by atomic mass is 15.5. The smallest absolute Gasteiger partial charge is 0.114 e. The molecule has 0 bridgehead atoms. The Morgan fingerprint density at radius 2 is 2.27 bits per heavy atom. The lowest BCUT2D eigenvalue weighted by molar-refractivity contribution is 0.728. The number of imidazole rings is 1. The topological polar surface area (TPSA) is 21.1 Å². The van der Waals surface area contributed by atoms with E-state index in [1.807, 2.05) is 30.1 Å². The van der Waals surface area contributed by atoms with Crippen molar-refractivity contribution in [1.29, 1.82) is 0 Å². The van der Waals surface area contributed by atoms with Crippen LogP contribution in [0.15, 0.2) is 12.5 Å². The van der Waals surface area contributed by atoms with E-state index in [9.17, 15) is 0 Å². The monoisotopic (exact) mass is 153 g/mol. The maximum atomic E-state index is 4.25. The van der Waals surface area contributed by atoms with Crippen molar-refractivity contribution >= 4 is 0 Å². The molecule has 1 heterocycles. The van der Waals surface area contributed by atoms with Gasteiger partial charge in [0.2, 0.25) is 0 Å². The summed E-state index contributed by atoms with van der Waals surface area (Å²) < 4.78 is 1.98. The van der Waals surface area contributed by atoms with Gasteiger partial charge < -0.3 is 5.01 Å². The Kier molecular flexibility index (Phi) is 2.52. The van der Waals surface area contributed by atoms with Crippen molar-refractivity contribution < 1.29 is 0 Å². The first kappa shape index (κ1) is 8.11. The zero-order valence-corrected chi connectivity index (χ0v) is 7.41. The molecule has 0 atom stereocenters. The number of rotatable bonds is 3. The van der Waals surface area contributed by atoms with E-state index in [0.29, 0.717) is 0 Å². The van der Waals surface area contributed by atoms with Crippen LogP contribution in [-0.4, -0.2) is 23.8 Å². The Balaban J connectivity index is 2.66. The van der Waals surface area contributed by atoms with Crippen LogP contribution in [0.1, 0.15) is 19.0 Å². The van der Waals surface area contributed by atoms with Gasteiger partial charge in [0.1, 0.15) is 6.33 Å². The van der Waals surface area contributed by atoms with Gasteiger partial charge in [0.15, 0.2) is 0 Å². The normalized spacial score (nSPS) is 10.1. The lowest BCUT2D eigenvalue weighted by Crippen LogP contribution is -2.22. The maximum absolute atomic E-state index is 4.25. The molecular formula is C8H15N3. The van der Waals surface area contributed by atoms with E-state index in [-0.39, 0.29) is 0 Å². The zero-order chi connectivity index (χ0) is 8.27. The van der Waals surface area contributed by atoms with E-state index < -0.39 is 0 Å². The lowest BCUT2D eigenvalue weighted by atomic mass is 10.3. The third-order valence-electron chi connectivity index (χ3n) is 1.59. The lowest BCUT2D eigenvalue weighted by Gasteiger charge is -2.11. The fourth-order valence-electron chi connectivity index (χ4n) is 0.957. The summed E-state index contributed by atoms with van der Waals surface area (Å²) in [5.74, 6) is 0. The van der Waals surface area contributed by atoms with E-state index in [1.54, 1.807) is 0 Å². The molecule has 0 aromatic carbocycles. The minimum atomic E-state index is 1.07. The summed E-state index contributed by atoms with van der Waals surface area (Å²) in [7, 11) is 3.99. The molecule has 0 saturated carbocycles. The first-order chi connectivity index (χ1) is 5.24. The van der Waals surface area contributed by atoms with Crippen LogP contribution >= 0.6 is 0 Å². The molecule has 0 N–H and O–H groups in total. The molecule has 0 aliphatic carbocycles. The van der Waals surface area contributed by atoms with Gasteiger partial charge in [0.05, 0.1) is 5.69 Å². The summed E-state index contributed by atoms with van der Waals surface area (Å²) in [5.41, 5.74) is 1.17. The molecule has 11 heavy (non-hydrogen) atoms. The predicted molar refractivity (Wildman–Crippen MR) is 46.3 cm³/mol. The second kappa shape index (κ2) is 3.42. The second-order valence-electron chi connectivity index (χ2n) is 2.84. The average Bonchev–Trinajstić information content (AvgIpc) is 2.37. The van der Waals surface area contributed by atoms with E-state index in [2.05, 4.69) is 18.1 Å². The third-order valence-corrected chi connectivity index (χ3v) is 1.59. The Labute approximate surface area is 67.6 Å². The van der Waals surface area contributed by atoms with Gasteiger partial charge in [-0.25, -0.2) is 4.98 Å². The summed E-state index contributed by atoms with van der Waals surface area (Å²) in [6.07, 6.45) is 6.12. The molecule has 0 amide bonds. The van der Waals surface area contributed by atoms with E-state index in [0.717, 1.165) is 12.8 Å². The van der Waals surface area contributed by atoms with Crippen LogP contribution in [0.5, 0.6) is 0 Å². The molecule has 0 aliphatic heterocycles. The standard InChI is InChI=1S/C8H15N3/c1-4-5-8-6-11(7-9-8)10(2)3/h6-7H,4-5H2,1-3H3. The fourth-order valence-corrected chi connectivity index (χ4v) is 0.957. The molecule has 0 fully saturated rings. The summed E-state index contributed by atoms with van der Waals surface area (Å²) in [6.45, 7) is 2.16. The van der Waals surface area contributed by atoms with Crippen molar-refractivity contribution in [1.82, 2.24) is 9.66 Å². The third kappa shape index (κ3) is 1.97. The first-order valence-corrected chi connectivity index (χ1v) is 3.94. The minimum absolute atomic E-state index is 1.07. The van der Waals surface area contributed by atoms with Gasteiger partial charge in [-0.3, -0.25) is 4.68 Å². The number of hydrogen-bond acceptors (Lipinski definition) is 2. The van der Waals surface area contributed by atoms with Crippen molar-refractivity contribution in [3.63, 3.8) is 0 Å². The average molecular weight is 153 g/mol. The molecule has 0 spiro atoms. The van der Waals surface area contributed by atoms with Gasteiger partial charge in [0.25, 0.3) is 0 Å². The summed E-state index contributed by atoms with van der Waals surface area (Å²) in [5, 5.41) is 1.99. The van der Waals surface area contributed by atoms with Crippen LogP contribution in [-0.2, 0) is 6.42 Å². The van der Waals surface area contributed by atoms with Gasteiger partial charge in [-0.15, -0.1) is 0 Å². The Hall–Kier alpha value is -0.990. The number of nitrogens with zero attached hydrogens (tertiary/aromatic N) is 3. The molecule has 1 aromatic heterocycles. The molecule has 1 rings (SSSR count). The van der Waals surface area contributed by atoms with Gasteiger partial charge in [-0.05, 0) is 6.42 Å². The molecule has 0 unspecified atom stereocenters. The van der Waals surface area contributed by atoms with Crippen molar-refractivity contribution in [3.8, 4) is 0 Å². The highest BCUT2D eigenvalue weighted by molar-refractivity contribution is 4.98. The predicted octanol–water partition coefficient (Wildman–Crippen LogP) is 1.03. The Bertz CT molecular complexity index is 215. The van der Waals surface area contributed by atoms with Crippen LogP contribution in [0, 0.1) is 0 Å². The Morgan fingerprint density at radius 1 is 1.55 bits per heavy atom. The molecule has 1 aromatic rings. The van der Waals surface area contributed by atoms with E-state index in [4.69, 9.17) is 0 Å². The Morgan fingerprint density at radius 3 is 2.73 bits per heavy atom. The summed E-state index contributed by atoms with van der Waals surface area (Å²) >= 11 is 0. The number of aromatic nitrogens is 2. The largest absolute Gasteiger partial charge is 0.318 e. The maximum Gasteiger partial charge on any atom is 0.114 e. The van der Waals surface area contributed by atoms with E-state index >= 15 is 0 Å². The minimum Gasteiger partial charge on any atom is -0.318 e. The highest BCUT2D eigenvalue weighted by Gasteiger charge is 1.96. The molecule has 3 heteroatoms. The van der Waals surface area contributed by atoms with Crippen molar-refractivity contribution in [3.05, 3.63) is 18.2 Å². The van der Waals surface area contributed by atoms with Gasteiger partial charge >= 0.3 is 0 Å².